The van der Waals surface area contributed by atoms with Gasteiger partial charge in [0.05, 0.1) is 11.2 Å². The van der Waals surface area contributed by atoms with Crippen LogP contribution >= 0.6 is 0 Å². The Morgan fingerprint density at radius 1 is 1.29 bits per heavy atom. The van der Waals surface area contributed by atoms with Crippen molar-refractivity contribution >= 4 is 32.3 Å². The number of aromatic nitrogens is 3. The van der Waals surface area contributed by atoms with Gasteiger partial charge in [-0.05, 0) is 49.0 Å². The Labute approximate surface area is 141 Å². The number of nitrogen functional groups attached to an aromatic ring is 1. The molecule has 4 rings (SSSR count). The first-order valence-electron chi connectivity index (χ1n) is 7.84. The summed E-state index contributed by atoms with van der Waals surface area (Å²) in [5.41, 5.74) is 10.4. The standard InChI is InChI=1S/C17H20N6S/c1-11-10-12(24(2,19)23-8-3-9-23)4-5-13(11)14-6-7-15-16(20-14)17(18)22-21-15/h4-7,10,19H,2-3,8-9H2,1H3,(H3,18,21,22). The molecule has 0 spiro atoms. The Morgan fingerprint density at radius 2 is 2.08 bits per heavy atom. The zero-order valence-corrected chi connectivity index (χ0v) is 14.4. The van der Waals surface area contributed by atoms with Crippen molar-refractivity contribution in [3.05, 3.63) is 35.9 Å². The van der Waals surface area contributed by atoms with E-state index in [9.17, 15) is 0 Å². The Balaban J connectivity index is 1.77. The van der Waals surface area contributed by atoms with Crippen LogP contribution in [-0.4, -0.2) is 38.4 Å². The number of nitrogens with two attached hydrogens (primary N) is 1. The van der Waals surface area contributed by atoms with Crippen molar-refractivity contribution in [3.63, 3.8) is 0 Å². The molecule has 6 nitrogen and oxygen atoms in total. The molecule has 0 amide bonds. The van der Waals surface area contributed by atoms with E-state index >= 15 is 0 Å². The molecular weight excluding hydrogens is 320 g/mol. The number of aromatic amines is 1. The van der Waals surface area contributed by atoms with Crippen LogP contribution in [0.2, 0.25) is 0 Å². The monoisotopic (exact) mass is 340 g/mol. The number of hydrogen-bond donors (Lipinski definition) is 3. The van der Waals surface area contributed by atoms with Crippen molar-refractivity contribution in [3.8, 4) is 11.3 Å². The van der Waals surface area contributed by atoms with Gasteiger partial charge in [0.25, 0.3) is 0 Å². The fourth-order valence-electron chi connectivity index (χ4n) is 2.95. The Hall–Kier alpha value is -2.38. The van der Waals surface area contributed by atoms with E-state index in [1.54, 1.807) is 0 Å². The Kier molecular flexibility index (Phi) is 3.36. The predicted molar refractivity (Wildman–Crippen MR) is 100 cm³/mol. The van der Waals surface area contributed by atoms with Crippen molar-refractivity contribution in [2.24, 2.45) is 0 Å². The summed E-state index contributed by atoms with van der Waals surface area (Å²) in [6, 6.07) is 10.0. The second kappa shape index (κ2) is 5.32. The van der Waals surface area contributed by atoms with Crippen LogP contribution in [0.5, 0.6) is 0 Å². The van der Waals surface area contributed by atoms with E-state index in [4.69, 9.17) is 10.5 Å². The molecule has 0 aliphatic carbocycles. The SMILES string of the molecule is C=S(=N)(c1ccc(-c2ccc3[nH]nc(N)c3n2)c(C)c1)N1CCC1. The van der Waals surface area contributed by atoms with E-state index in [1.165, 1.54) is 0 Å². The van der Waals surface area contributed by atoms with Crippen LogP contribution in [0.15, 0.2) is 35.2 Å². The van der Waals surface area contributed by atoms with Crippen LogP contribution in [0, 0.1) is 11.7 Å². The van der Waals surface area contributed by atoms with E-state index in [-0.39, 0.29) is 0 Å². The first-order chi connectivity index (χ1) is 11.5. The van der Waals surface area contributed by atoms with Gasteiger partial charge in [-0.25, -0.2) is 9.29 Å². The fraction of sp³-hybridized carbons (Fsp3) is 0.235. The first kappa shape index (κ1) is 15.2. The van der Waals surface area contributed by atoms with Crippen molar-refractivity contribution in [1.82, 2.24) is 19.5 Å². The highest BCUT2D eigenvalue weighted by Crippen LogP contribution is 2.29. The highest BCUT2D eigenvalue weighted by Gasteiger charge is 2.21. The molecule has 24 heavy (non-hydrogen) atoms. The molecule has 1 atom stereocenters. The highest BCUT2D eigenvalue weighted by atomic mass is 32.2. The molecule has 0 saturated carbocycles. The average molecular weight is 340 g/mol. The maximum Gasteiger partial charge on any atom is 0.171 e. The van der Waals surface area contributed by atoms with Gasteiger partial charge in [-0.3, -0.25) is 9.88 Å². The molecule has 0 bridgehead atoms. The lowest BCUT2D eigenvalue weighted by molar-refractivity contribution is 0.336. The van der Waals surface area contributed by atoms with E-state index in [0.717, 1.165) is 46.7 Å². The summed E-state index contributed by atoms with van der Waals surface area (Å²) >= 11 is 0. The summed E-state index contributed by atoms with van der Waals surface area (Å²) in [5, 5.41) is 6.85. The van der Waals surface area contributed by atoms with Crippen molar-refractivity contribution in [1.29, 1.82) is 4.78 Å². The van der Waals surface area contributed by atoms with E-state index in [0.29, 0.717) is 11.3 Å². The lowest BCUT2D eigenvalue weighted by atomic mass is 10.1. The number of fused-ring (bicyclic) bond motifs is 1. The van der Waals surface area contributed by atoms with E-state index in [2.05, 4.69) is 38.3 Å². The third kappa shape index (κ3) is 2.28. The van der Waals surface area contributed by atoms with Gasteiger partial charge in [-0.2, -0.15) is 5.10 Å². The molecule has 0 radical (unpaired) electrons. The van der Waals surface area contributed by atoms with E-state index in [1.807, 2.05) is 24.3 Å². The van der Waals surface area contributed by atoms with Gasteiger partial charge >= 0.3 is 0 Å². The maximum atomic E-state index is 8.66. The number of nitrogens with zero attached hydrogens (tertiary/aromatic N) is 3. The van der Waals surface area contributed by atoms with Gasteiger partial charge in [0.15, 0.2) is 5.82 Å². The summed E-state index contributed by atoms with van der Waals surface area (Å²) in [6.45, 7) is 4.00. The number of benzene rings is 1. The summed E-state index contributed by atoms with van der Waals surface area (Å²) in [5.74, 6) is 4.59. The quantitative estimate of drug-likeness (QED) is 0.639. The summed E-state index contributed by atoms with van der Waals surface area (Å²) in [7, 11) is -1.88. The number of H-pyrrole nitrogens is 1. The zero-order chi connectivity index (χ0) is 16.9. The summed E-state index contributed by atoms with van der Waals surface area (Å²) < 4.78 is 10.8. The molecule has 1 aliphatic heterocycles. The molecule has 4 N–H and O–H groups in total. The molecule has 1 aliphatic rings. The van der Waals surface area contributed by atoms with Crippen LogP contribution in [0.25, 0.3) is 22.3 Å². The second-order valence-electron chi connectivity index (χ2n) is 6.16. The number of nitrogens with one attached hydrogen (secondary N) is 2. The molecule has 1 saturated heterocycles. The molecular formula is C17H20N6S. The number of anilines is 1. The van der Waals surface area contributed by atoms with Gasteiger partial charge in [0.2, 0.25) is 0 Å². The maximum absolute atomic E-state index is 8.66. The summed E-state index contributed by atoms with van der Waals surface area (Å²) in [6.07, 6.45) is 1.16. The van der Waals surface area contributed by atoms with Crippen LogP contribution in [0.3, 0.4) is 0 Å². The fourth-order valence-corrected chi connectivity index (χ4v) is 4.79. The minimum Gasteiger partial charge on any atom is -0.380 e. The largest absolute Gasteiger partial charge is 0.380 e. The molecule has 1 fully saturated rings. The molecule has 3 heterocycles. The molecule has 1 unspecified atom stereocenters. The van der Waals surface area contributed by atoms with Crippen molar-refractivity contribution < 1.29 is 0 Å². The average Bonchev–Trinajstić information content (AvgIpc) is 2.86. The molecule has 124 valence electrons. The number of rotatable bonds is 3. The minimum atomic E-state index is -1.88. The second-order valence-corrected chi connectivity index (χ2v) is 8.56. The first-order valence-corrected chi connectivity index (χ1v) is 9.60. The van der Waals surface area contributed by atoms with Crippen molar-refractivity contribution in [2.45, 2.75) is 18.2 Å². The van der Waals surface area contributed by atoms with Crippen LogP contribution in [0.1, 0.15) is 12.0 Å². The van der Waals surface area contributed by atoms with Crippen LogP contribution < -0.4 is 5.73 Å². The number of pyridine rings is 1. The lowest BCUT2D eigenvalue weighted by Crippen LogP contribution is -2.41. The van der Waals surface area contributed by atoms with Crippen LogP contribution in [0.4, 0.5) is 5.82 Å². The number of aryl methyl sites for hydroxylation is 1. The van der Waals surface area contributed by atoms with Crippen LogP contribution in [-0.2, 0) is 9.60 Å². The van der Waals surface area contributed by atoms with Gasteiger partial charge < -0.3 is 5.73 Å². The molecule has 1 aromatic carbocycles. The van der Waals surface area contributed by atoms with E-state index < -0.39 is 9.60 Å². The van der Waals surface area contributed by atoms with Crippen molar-refractivity contribution in [2.75, 3.05) is 18.8 Å². The third-order valence-electron chi connectivity index (χ3n) is 4.55. The van der Waals surface area contributed by atoms with Gasteiger partial charge in [-0.15, -0.1) is 0 Å². The van der Waals surface area contributed by atoms with Gasteiger partial charge in [-0.1, -0.05) is 15.7 Å². The predicted octanol–water partition coefficient (Wildman–Crippen LogP) is 2.84. The molecule has 2 aromatic heterocycles. The lowest BCUT2D eigenvalue weighted by Gasteiger charge is -2.36. The van der Waals surface area contributed by atoms with Gasteiger partial charge in [0.1, 0.15) is 5.52 Å². The topological polar surface area (TPSA) is 94.7 Å². The minimum absolute atomic E-state index is 0.409. The summed E-state index contributed by atoms with van der Waals surface area (Å²) in [4.78, 5) is 5.63. The normalized spacial score (nSPS) is 17.5. The van der Waals surface area contributed by atoms with Gasteiger partial charge in [0, 0.05) is 23.5 Å². The highest BCUT2D eigenvalue weighted by molar-refractivity contribution is 7.99. The molecule has 3 aromatic rings. The zero-order valence-electron chi connectivity index (χ0n) is 13.5. The Bertz CT molecular complexity index is 1030. The molecule has 7 heteroatoms. The third-order valence-corrected chi connectivity index (χ3v) is 6.83. The Morgan fingerprint density at radius 3 is 2.75 bits per heavy atom. The number of hydrogen-bond acceptors (Lipinski definition) is 4. The smallest absolute Gasteiger partial charge is 0.171 e.